The minimum Gasteiger partial charge on any atom is -0.360 e. The molecule has 0 aliphatic heterocycles. The number of rotatable bonds is 6. The van der Waals surface area contributed by atoms with Gasteiger partial charge in [-0.05, 0) is 44.0 Å². The summed E-state index contributed by atoms with van der Waals surface area (Å²) in [6.07, 6.45) is 4.24. The summed E-state index contributed by atoms with van der Waals surface area (Å²) in [4.78, 5) is 26.9. The Morgan fingerprint density at radius 1 is 1.19 bits per heavy atom. The third kappa shape index (κ3) is 4.41. The maximum absolute atomic E-state index is 12.7. The number of amides is 1. The van der Waals surface area contributed by atoms with Crippen LogP contribution in [0.1, 0.15) is 27.5 Å². The van der Waals surface area contributed by atoms with E-state index < -0.39 is 0 Å². The quantitative estimate of drug-likeness (QED) is 0.728. The summed E-state index contributed by atoms with van der Waals surface area (Å²) in [5.41, 5.74) is 2.15. The van der Waals surface area contributed by atoms with E-state index in [4.69, 9.17) is 4.52 Å². The molecule has 26 heavy (non-hydrogen) atoms. The summed E-state index contributed by atoms with van der Waals surface area (Å²) < 4.78 is 5.01. The molecular weight excluding hydrogens is 332 g/mol. The van der Waals surface area contributed by atoms with Crippen molar-refractivity contribution in [3.63, 3.8) is 0 Å². The minimum absolute atomic E-state index is 0.163. The van der Waals surface area contributed by atoms with E-state index in [1.807, 2.05) is 19.1 Å². The van der Waals surface area contributed by atoms with Crippen LogP contribution in [0.5, 0.6) is 0 Å². The first-order valence-electron chi connectivity index (χ1n) is 8.21. The van der Waals surface area contributed by atoms with Gasteiger partial charge in [0.2, 0.25) is 5.95 Å². The standard InChI is InChI=1S/C18H20N6O2/c1-12-10-15(21-18(20-12)22-16-11-13(2)26-23-16)17(25)24(3)9-6-14-4-7-19-8-5-14/h4-5,7-8,10-11H,6,9H2,1-3H3,(H,20,21,22,23). The molecule has 3 aromatic heterocycles. The average molecular weight is 352 g/mol. The first-order valence-corrected chi connectivity index (χ1v) is 8.21. The first-order chi connectivity index (χ1) is 12.5. The second-order valence-corrected chi connectivity index (χ2v) is 6.00. The van der Waals surface area contributed by atoms with Gasteiger partial charge >= 0.3 is 0 Å². The number of aryl methyl sites for hydroxylation is 2. The van der Waals surface area contributed by atoms with Gasteiger partial charge in [-0.15, -0.1) is 0 Å². The van der Waals surface area contributed by atoms with E-state index in [1.54, 1.807) is 43.4 Å². The number of nitrogens with one attached hydrogen (secondary N) is 1. The van der Waals surface area contributed by atoms with Gasteiger partial charge in [-0.3, -0.25) is 9.78 Å². The van der Waals surface area contributed by atoms with Gasteiger partial charge in [0.25, 0.3) is 5.91 Å². The lowest BCUT2D eigenvalue weighted by Crippen LogP contribution is -2.30. The van der Waals surface area contributed by atoms with Crippen LogP contribution in [0.25, 0.3) is 0 Å². The Labute approximate surface area is 151 Å². The molecular formula is C18H20N6O2. The number of carbonyl (C=O) groups is 1. The van der Waals surface area contributed by atoms with Crippen molar-refractivity contribution in [2.24, 2.45) is 0 Å². The Hall–Kier alpha value is -3.29. The number of carbonyl (C=O) groups excluding carboxylic acids is 1. The van der Waals surface area contributed by atoms with Crippen molar-refractivity contribution in [3.05, 3.63) is 59.4 Å². The van der Waals surface area contributed by atoms with Crippen LogP contribution in [0.15, 0.2) is 41.2 Å². The van der Waals surface area contributed by atoms with E-state index in [9.17, 15) is 4.79 Å². The average Bonchev–Trinajstić information content (AvgIpc) is 3.04. The van der Waals surface area contributed by atoms with Gasteiger partial charge in [-0.2, -0.15) is 0 Å². The molecule has 8 heteroatoms. The number of aromatic nitrogens is 4. The monoisotopic (exact) mass is 352 g/mol. The fourth-order valence-corrected chi connectivity index (χ4v) is 2.42. The topological polar surface area (TPSA) is 97.0 Å². The Morgan fingerprint density at radius 3 is 2.65 bits per heavy atom. The number of nitrogens with zero attached hydrogens (tertiary/aromatic N) is 5. The van der Waals surface area contributed by atoms with Gasteiger partial charge < -0.3 is 14.7 Å². The van der Waals surface area contributed by atoms with Crippen LogP contribution in [-0.2, 0) is 6.42 Å². The molecule has 0 fully saturated rings. The normalized spacial score (nSPS) is 10.6. The molecule has 3 aromatic rings. The van der Waals surface area contributed by atoms with Gasteiger partial charge in [-0.1, -0.05) is 5.16 Å². The van der Waals surface area contributed by atoms with Crippen molar-refractivity contribution in [1.82, 2.24) is 25.0 Å². The van der Waals surface area contributed by atoms with Crippen molar-refractivity contribution in [2.75, 3.05) is 18.9 Å². The predicted octanol–water partition coefficient (Wildman–Crippen LogP) is 2.53. The molecule has 0 saturated heterocycles. The molecule has 1 amide bonds. The number of hydrogen-bond acceptors (Lipinski definition) is 7. The van der Waals surface area contributed by atoms with E-state index >= 15 is 0 Å². The third-order valence-corrected chi connectivity index (χ3v) is 3.77. The predicted molar refractivity (Wildman–Crippen MR) is 96.2 cm³/mol. The molecule has 0 radical (unpaired) electrons. The Bertz CT molecular complexity index is 894. The van der Waals surface area contributed by atoms with Crippen molar-refractivity contribution in [3.8, 4) is 0 Å². The molecule has 0 saturated carbocycles. The fourth-order valence-electron chi connectivity index (χ4n) is 2.42. The highest BCUT2D eigenvalue weighted by Gasteiger charge is 2.16. The molecule has 0 aliphatic rings. The number of likely N-dealkylation sites (N-methyl/N-ethyl adjacent to an activating group) is 1. The van der Waals surface area contributed by atoms with Crippen LogP contribution in [0, 0.1) is 13.8 Å². The second kappa shape index (κ2) is 7.73. The molecule has 0 spiro atoms. The molecule has 0 aliphatic carbocycles. The van der Waals surface area contributed by atoms with Crippen LogP contribution in [0.2, 0.25) is 0 Å². The van der Waals surface area contributed by atoms with Crippen LogP contribution >= 0.6 is 0 Å². The molecule has 1 N–H and O–H groups in total. The highest BCUT2D eigenvalue weighted by molar-refractivity contribution is 5.92. The van der Waals surface area contributed by atoms with E-state index in [0.29, 0.717) is 35.5 Å². The van der Waals surface area contributed by atoms with Crippen molar-refractivity contribution < 1.29 is 9.32 Å². The molecule has 0 aromatic carbocycles. The van der Waals surface area contributed by atoms with Crippen LogP contribution in [0.4, 0.5) is 11.8 Å². The zero-order valence-corrected chi connectivity index (χ0v) is 14.9. The fraction of sp³-hybridized carbons (Fsp3) is 0.278. The van der Waals surface area contributed by atoms with Crippen molar-refractivity contribution in [1.29, 1.82) is 0 Å². The van der Waals surface area contributed by atoms with Crippen molar-refractivity contribution in [2.45, 2.75) is 20.3 Å². The number of hydrogen-bond donors (Lipinski definition) is 1. The number of pyridine rings is 1. The van der Waals surface area contributed by atoms with E-state index in [0.717, 1.165) is 12.0 Å². The molecule has 134 valence electrons. The minimum atomic E-state index is -0.163. The van der Waals surface area contributed by atoms with Crippen molar-refractivity contribution >= 4 is 17.7 Å². The molecule has 3 heterocycles. The summed E-state index contributed by atoms with van der Waals surface area (Å²) in [7, 11) is 1.76. The molecule has 0 unspecified atom stereocenters. The van der Waals surface area contributed by atoms with E-state index in [2.05, 4.69) is 25.4 Å². The Morgan fingerprint density at radius 2 is 1.96 bits per heavy atom. The third-order valence-electron chi connectivity index (χ3n) is 3.77. The summed E-state index contributed by atoms with van der Waals surface area (Å²) in [5, 5.41) is 6.80. The molecule has 0 bridgehead atoms. The smallest absolute Gasteiger partial charge is 0.272 e. The number of anilines is 2. The zero-order chi connectivity index (χ0) is 18.5. The Kier molecular flexibility index (Phi) is 5.21. The maximum atomic E-state index is 12.7. The summed E-state index contributed by atoms with van der Waals surface area (Å²) >= 11 is 0. The lowest BCUT2D eigenvalue weighted by Gasteiger charge is -2.17. The van der Waals surface area contributed by atoms with Gasteiger partial charge in [0.05, 0.1) is 0 Å². The van der Waals surface area contributed by atoms with Crippen LogP contribution in [0.3, 0.4) is 0 Å². The van der Waals surface area contributed by atoms with E-state index in [1.165, 1.54) is 0 Å². The highest BCUT2D eigenvalue weighted by atomic mass is 16.5. The first kappa shape index (κ1) is 17.5. The second-order valence-electron chi connectivity index (χ2n) is 6.00. The van der Waals surface area contributed by atoms with Gasteiger partial charge in [0.15, 0.2) is 5.82 Å². The largest absolute Gasteiger partial charge is 0.360 e. The highest BCUT2D eigenvalue weighted by Crippen LogP contribution is 2.14. The summed E-state index contributed by atoms with van der Waals surface area (Å²) in [5.74, 6) is 1.32. The van der Waals surface area contributed by atoms with Gasteiger partial charge in [0, 0.05) is 37.7 Å². The van der Waals surface area contributed by atoms with Crippen LogP contribution in [-0.4, -0.2) is 44.5 Å². The van der Waals surface area contributed by atoms with Gasteiger partial charge in [0.1, 0.15) is 11.5 Å². The molecule has 8 nitrogen and oxygen atoms in total. The molecule has 3 rings (SSSR count). The summed E-state index contributed by atoms with van der Waals surface area (Å²) in [6.45, 7) is 4.19. The SMILES string of the molecule is Cc1cc(C(=O)N(C)CCc2ccncc2)nc(Nc2cc(C)on2)n1. The lowest BCUT2D eigenvalue weighted by atomic mass is 10.2. The Balaban J connectivity index is 1.69. The van der Waals surface area contributed by atoms with Gasteiger partial charge in [-0.25, -0.2) is 9.97 Å². The van der Waals surface area contributed by atoms with E-state index in [-0.39, 0.29) is 5.91 Å². The van der Waals surface area contributed by atoms with Crippen LogP contribution < -0.4 is 5.32 Å². The summed E-state index contributed by atoms with van der Waals surface area (Å²) in [6, 6.07) is 7.28. The maximum Gasteiger partial charge on any atom is 0.272 e. The zero-order valence-electron chi connectivity index (χ0n) is 14.9. The lowest BCUT2D eigenvalue weighted by molar-refractivity contribution is 0.0790. The molecule has 0 atom stereocenters.